The quantitative estimate of drug-likeness (QED) is 0.339. The minimum absolute atomic E-state index is 0.0287. The molecule has 0 amide bonds. The van der Waals surface area contributed by atoms with Crippen LogP contribution in [0.25, 0.3) is 11.5 Å². The van der Waals surface area contributed by atoms with Crippen LogP contribution in [0.3, 0.4) is 0 Å². The van der Waals surface area contributed by atoms with E-state index in [-0.39, 0.29) is 5.92 Å². The molecule has 2 aromatic heterocycles. The van der Waals surface area contributed by atoms with E-state index in [1.807, 2.05) is 43.3 Å². The molecule has 150 valence electrons. The summed E-state index contributed by atoms with van der Waals surface area (Å²) in [4.78, 5) is 20.3. The van der Waals surface area contributed by atoms with E-state index in [4.69, 9.17) is 4.42 Å². The summed E-state index contributed by atoms with van der Waals surface area (Å²) in [6, 6.07) is 19.8. The Morgan fingerprint density at radius 1 is 0.933 bits per heavy atom. The molecule has 30 heavy (non-hydrogen) atoms. The molecular formula is C25H23N3O2. The van der Waals surface area contributed by atoms with Gasteiger partial charge >= 0.3 is 0 Å². The molecule has 0 N–H and O–H groups in total. The molecule has 0 aliphatic carbocycles. The van der Waals surface area contributed by atoms with Crippen LogP contribution in [-0.4, -0.2) is 9.97 Å². The molecule has 4 aromatic rings. The van der Waals surface area contributed by atoms with Crippen LogP contribution >= 0.6 is 0 Å². The van der Waals surface area contributed by atoms with Gasteiger partial charge in [-0.15, -0.1) is 0 Å². The molecule has 0 aliphatic rings. The number of nitrogens with zero attached hydrogens (tertiary/aromatic N) is 3. The highest BCUT2D eigenvalue weighted by Gasteiger charge is 2.23. The maximum absolute atomic E-state index is 11.8. The number of aromatic nitrogens is 2. The third kappa shape index (κ3) is 4.20. The van der Waals surface area contributed by atoms with Crippen molar-refractivity contribution in [3.63, 3.8) is 0 Å². The Labute approximate surface area is 175 Å². The van der Waals surface area contributed by atoms with Gasteiger partial charge in [0.1, 0.15) is 12.3 Å². The Morgan fingerprint density at radius 3 is 2.40 bits per heavy atom. The molecule has 2 heterocycles. The lowest BCUT2D eigenvalue weighted by molar-refractivity contribution is 0.574. The monoisotopic (exact) mass is 397 g/mol. The summed E-state index contributed by atoms with van der Waals surface area (Å²) in [5, 5.41) is 3.48. The van der Waals surface area contributed by atoms with Crippen molar-refractivity contribution in [3.8, 4) is 11.5 Å². The highest BCUT2D eigenvalue weighted by Crippen LogP contribution is 2.37. The van der Waals surface area contributed by atoms with Crippen LogP contribution in [0.2, 0.25) is 0 Å². The molecule has 0 saturated carbocycles. The van der Waals surface area contributed by atoms with Gasteiger partial charge in [0.25, 0.3) is 0 Å². The van der Waals surface area contributed by atoms with Crippen molar-refractivity contribution < 1.29 is 4.42 Å². The third-order valence-electron chi connectivity index (χ3n) is 5.45. The minimum Gasteiger partial charge on any atom is -0.445 e. The van der Waals surface area contributed by atoms with E-state index < -0.39 is 6.04 Å². The van der Waals surface area contributed by atoms with Gasteiger partial charge in [0.15, 0.2) is 0 Å². The number of nitroso groups, excluding NO2 is 1. The second-order valence-electron chi connectivity index (χ2n) is 7.46. The molecule has 2 aromatic carbocycles. The molecular weight excluding hydrogens is 374 g/mol. The van der Waals surface area contributed by atoms with Gasteiger partial charge in [0.2, 0.25) is 5.89 Å². The highest BCUT2D eigenvalue weighted by atomic mass is 16.3. The molecule has 0 saturated heterocycles. The molecule has 0 fully saturated rings. The summed E-state index contributed by atoms with van der Waals surface area (Å²) in [5.41, 5.74) is 6.20. The van der Waals surface area contributed by atoms with Gasteiger partial charge < -0.3 is 4.42 Å². The maximum atomic E-state index is 11.8. The van der Waals surface area contributed by atoms with Crippen molar-refractivity contribution in [2.24, 2.45) is 5.18 Å². The van der Waals surface area contributed by atoms with Crippen LogP contribution in [0, 0.1) is 18.8 Å². The van der Waals surface area contributed by atoms with Gasteiger partial charge in [0, 0.05) is 23.4 Å². The van der Waals surface area contributed by atoms with Gasteiger partial charge in [-0.2, -0.15) is 4.91 Å². The lowest BCUT2D eigenvalue weighted by atomic mass is 9.82. The van der Waals surface area contributed by atoms with Crippen molar-refractivity contribution in [2.75, 3.05) is 0 Å². The molecule has 2 atom stereocenters. The summed E-state index contributed by atoms with van der Waals surface area (Å²) < 4.78 is 5.40. The first kappa shape index (κ1) is 19.7. The summed E-state index contributed by atoms with van der Waals surface area (Å²) >= 11 is 0. The minimum atomic E-state index is -0.456. The Bertz CT molecular complexity index is 1120. The first-order valence-electron chi connectivity index (χ1n) is 9.96. The second kappa shape index (κ2) is 8.82. The van der Waals surface area contributed by atoms with E-state index in [2.05, 4.69) is 46.3 Å². The van der Waals surface area contributed by atoms with E-state index in [1.54, 1.807) is 18.7 Å². The lowest BCUT2D eigenvalue weighted by Gasteiger charge is -2.23. The molecule has 4 rings (SSSR count). The fourth-order valence-electron chi connectivity index (χ4n) is 3.88. The number of aryl methyl sites for hydroxylation is 2. The molecule has 0 radical (unpaired) electrons. The van der Waals surface area contributed by atoms with Crippen LogP contribution in [0.4, 0.5) is 0 Å². The van der Waals surface area contributed by atoms with Crippen molar-refractivity contribution in [1.29, 1.82) is 0 Å². The topological polar surface area (TPSA) is 68.3 Å². The number of oxazole rings is 1. The number of hydrogen-bond donors (Lipinski definition) is 0. The van der Waals surface area contributed by atoms with Gasteiger partial charge in [-0.1, -0.05) is 41.6 Å². The van der Waals surface area contributed by atoms with Crippen LogP contribution < -0.4 is 0 Å². The fraction of sp³-hybridized carbons (Fsp3) is 0.200. The standard InChI is InChI=1S/C25H23N3O2/c1-17-5-3-4-6-22(17)23(16-24(28-29)21-11-12-26-18(2)15-21)19-7-9-20(10-8-19)25-27-13-14-30-25/h3-15,23-24H,16H2,1-2H3/t23-,24?/m1/s1. The third-order valence-corrected chi connectivity index (χ3v) is 5.45. The SMILES string of the molecule is Cc1cc(C(C[C@H](c2ccc(-c3ncco3)cc2)c2ccccc2C)N=O)ccn1. The second-order valence-corrected chi connectivity index (χ2v) is 7.46. The van der Waals surface area contributed by atoms with Gasteiger partial charge in [-0.3, -0.25) is 4.98 Å². The van der Waals surface area contributed by atoms with E-state index in [9.17, 15) is 4.91 Å². The first-order chi connectivity index (χ1) is 14.7. The van der Waals surface area contributed by atoms with Gasteiger partial charge in [0.05, 0.1) is 6.20 Å². The molecule has 0 spiro atoms. The van der Waals surface area contributed by atoms with E-state index in [0.717, 1.165) is 22.4 Å². The van der Waals surface area contributed by atoms with Crippen LogP contribution in [-0.2, 0) is 0 Å². The molecule has 1 unspecified atom stereocenters. The molecule has 5 nitrogen and oxygen atoms in total. The number of hydrogen-bond acceptors (Lipinski definition) is 5. The van der Waals surface area contributed by atoms with Crippen molar-refractivity contribution in [3.05, 3.63) is 112 Å². The zero-order valence-electron chi connectivity index (χ0n) is 17.0. The summed E-state index contributed by atoms with van der Waals surface area (Å²) in [7, 11) is 0. The average Bonchev–Trinajstić information content (AvgIpc) is 3.31. The lowest BCUT2D eigenvalue weighted by Crippen LogP contribution is -2.09. The molecule has 5 heteroatoms. The number of benzene rings is 2. The predicted molar refractivity (Wildman–Crippen MR) is 117 cm³/mol. The predicted octanol–water partition coefficient (Wildman–Crippen LogP) is 6.38. The average molecular weight is 397 g/mol. The largest absolute Gasteiger partial charge is 0.445 e. The zero-order chi connectivity index (χ0) is 20.9. The van der Waals surface area contributed by atoms with Gasteiger partial charge in [-0.25, -0.2) is 4.98 Å². The normalized spacial score (nSPS) is 13.0. The smallest absolute Gasteiger partial charge is 0.225 e. The Morgan fingerprint density at radius 2 is 1.73 bits per heavy atom. The van der Waals surface area contributed by atoms with E-state index in [0.29, 0.717) is 12.3 Å². The fourth-order valence-corrected chi connectivity index (χ4v) is 3.88. The Kier molecular flexibility index (Phi) is 5.80. The number of rotatable bonds is 7. The van der Waals surface area contributed by atoms with E-state index in [1.165, 1.54) is 11.1 Å². The van der Waals surface area contributed by atoms with Gasteiger partial charge in [-0.05, 0) is 66.8 Å². The van der Waals surface area contributed by atoms with E-state index >= 15 is 0 Å². The highest BCUT2D eigenvalue weighted by molar-refractivity contribution is 5.54. The summed E-state index contributed by atoms with van der Waals surface area (Å²) in [5.74, 6) is 0.620. The van der Waals surface area contributed by atoms with Crippen LogP contribution in [0.1, 0.15) is 46.3 Å². The molecule has 0 bridgehead atoms. The Hall–Kier alpha value is -3.60. The Balaban J connectivity index is 1.71. The van der Waals surface area contributed by atoms with Crippen LogP contribution in [0.15, 0.2) is 88.9 Å². The first-order valence-corrected chi connectivity index (χ1v) is 9.96. The van der Waals surface area contributed by atoms with Crippen molar-refractivity contribution in [1.82, 2.24) is 9.97 Å². The van der Waals surface area contributed by atoms with Crippen molar-refractivity contribution in [2.45, 2.75) is 32.2 Å². The van der Waals surface area contributed by atoms with Crippen LogP contribution in [0.5, 0.6) is 0 Å². The number of pyridine rings is 1. The summed E-state index contributed by atoms with van der Waals surface area (Å²) in [6.07, 6.45) is 5.51. The maximum Gasteiger partial charge on any atom is 0.225 e. The summed E-state index contributed by atoms with van der Waals surface area (Å²) in [6.45, 7) is 4.02. The van der Waals surface area contributed by atoms with Crippen molar-refractivity contribution >= 4 is 0 Å². The zero-order valence-corrected chi connectivity index (χ0v) is 17.0. The molecule has 0 aliphatic heterocycles.